The molecule has 0 unspecified atom stereocenters. The summed E-state index contributed by atoms with van der Waals surface area (Å²) < 4.78 is 49.0. The average Bonchev–Trinajstić information content (AvgIpc) is 2.88. The Balaban J connectivity index is 2.16. The van der Waals surface area contributed by atoms with Gasteiger partial charge >= 0.3 is 5.97 Å². The van der Waals surface area contributed by atoms with Crippen LogP contribution < -0.4 is 5.14 Å². The number of aromatic carboxylic acids is 1. The Morgan fingerprint density at radius 2 is 1.67 bits per heavy atom. The van der Waals surface area contributed by atoms with E-state index in [-0.39, 0.29) is 36.0 Å². The molecule has 0 aromatic carbocycles. The number of nitrogens with zero attached hydrogens (tertiary/aromatic N) is 2. The van der Waals surface area contributed by atoms with Crippen LogP contribution in [-0.2, 0) is 20.2 Å². The Morgan fingerprint density at radius 1 is 1.14 bits per heavy atom. The molecule has 0 aliphatic carbocycles. The molecule has 21 heavy (non-hydrogen) atoms. The summed E-state index contributed by atoms with van der Waals surface area (Å²) in [4.78, 5) is 10.8. The highest BCUT2D eigenvalue weighted by atomic mass is 32.2. The molecular formula is C9H13N3O6S3. The van der Waals surface area contributed by atoms with E-state index in [1.54, 1.807) is 0 Å². The summed E-state index contributed by atoms with van der Waals surface area (Å²) in [5.41, 5.74) is -0.0956. The average molecular weight is 355 g/mol. The number of nitrogens with two attached hydrogens (primary N) is 1. The molecule has 12 heteroatoms. The molecule has 0 atom stereocenters. The van der Waals surface area contributed by atoms with Crippen LogP contribution in [0.15, 0.2) is 15.7 Å². The first-order chi connectivity index (χ1) is 9.62. The summed E-state index contributed by atoms with van der Waals surface area (Å²) >= 11 is 0.818. The maximum absolute atomic E-state index is 12.3. The lowest BCUT2D eigenvalue weighted by Gasteiger charge is -2.31. The number of carbonyl (C=O) groups is 1. The lowest BCUT2D eigenvalue weighted by Crippen LogP contribution is -2.52. The van der Waals surface area contributed by atoms with Crippen molar-refractivity contribution in [1.82, 2.24) is 8.61 Å². The van der Waals surface area contributed by atoms with Gasteiger partial charge in [-0.1, -0.05) is 0 Å². The first-order valence-corrected chi connectivity index (χ1v) is 9.54. The van der Waals surface area contributed by atoms with Crippen LogP contribution in [-0.4, -0.2) is 62.7 Å². The fourth-order valence-electron chi connectivity index (χ4n) is 1.86. The van der Waals surface area contributed by atoms with Gasteiger partial charge in [0, 0.05) is 31.6 Å². The van der Waals surface area contributed by atoms with E-state index in [1.165, 1.54) is 5.38 Å². The quantitative estimate of drug-likeness (QED) is 0.707. The fraction of sp³-hybridized carbons (Fsp3) is 0.444. The minimum absolute atomic E-state index is 0.0287. The van der Waals surface area contributed by atoms with Gasteiger partial charge in [-0.25, -0.2) is 18.4 Å². The van der Waals surface area contributed by atoms with Crippen molar-refractivity contribution in [3.8, 4) is 0 Å². The third-order valence-electron chi connectivity index (χ3n) is 2.97. The lowest BCUT2D eigenvalue weighted by atomic mass is 10.4. The Kier molecular flexibility index (Phi) is 4.37. The Labute approximate surface area is 125 Å². The molecule has 1 aliphatic rings. The normalized spacial score (nSPS) is 18.7. The minimum atomic E-state index is -3.83. The van der Waals surface area contributed by atoms with Crippen LogP contribution in [0.25, 0.3) is 0 Å². The van der Waals surface area contributed by atoms with Gasteiger partial charge in [-0.3, -0.25) is 0 Å². The van der Waals surface area contributed by atoms with Crippen LogP contribution in [0.5, 0.6) is 0 Å². The van der Waals surface area contributed by atoms with E-state index in [1.807, 2.05) is 0 Å². The summed E-state index contributed by atoms with van der Waals surface area (Å²) in [7, 11) is -7.65. The predicted molar refractivity (Wildman–Crippen MR) is 74.7 cm³/mol. The van der Waals surface area contributed by atoms with Crippen molar-refractivity contribution in [2.45, 2.75) is 4.21 Å². The molecule has 1 aromatic rings. The summed E-state index contributed by atoms with van der Waals surface area (Å²) in [6.45, 7) is -0.122. The van der Waals surface area contributed by atoms with E-state index in [0.29, 0.717) is 0 Å². The second kappa shape index (κ2) is 5.62. The van der Waals surface area contributed by atoms with Gasteiger partial charge in [0.2, 0.25) is 0 Å². The van der Waals surface area contributed by atoms with Crippen molar-refractivity contribution < 1.29 is 26.7 Å². The number of carboxylic acid groups (broad SMARTS) is 1. The molecule has 118 valence electrons. The maximum atomic E-state index is 12.3. The van der Waals surface area contributed by atoms with Crippen molar-refractivity contribution in [3.05, 3.63) is 17.0 Å². The number of thiophene rings is 1. The Bertz CT molecular complexity index is 745. The molecule has 1 aromatic heterocycles. The van der Waals surface area contributed by atoms with E-state index < -0.39 is 26.2 Å². The molecule has 9 nitrogen and oxygen atoms in total. The molecule has 2 rings (SSSR count). The van der Waals surface area contributed by atoms with E-state index in [2.05, 4.69) is 0 Å². The summed E-state index contributed by atoms with van der Waals surface area (Å²) in [6, 6.07) is 1.09. The van der Waals surface area contributed by atoms with Crippen molar-refractivity contribution in [2.75, 3.05) is 26.2 Å². The standard InChI is InChI=1S/C9H13N3O6S3/c10-21(17,18)12-3-1-11(2-4-12)20(15,16)8-5-7(6-19-8)9(13)14/h5-6H,1-4H2,(H,13,14)(H2,10,17,18). The SMILES string of the molecule is NS(=O)(=O)N1CCN(S(=O)(=O)c2cc(C(=O)O)cs2)CC1. The van der Waals surface area contributed by atoms with Gasteiger partial charge < -0.3 is 5.11 Å². The highest BCUT2D eigenvalue weighted by Crippen LogP contribution is 2.25. The van der Waals surface area contributed by atoms with Gasteiger partial charge in [-0.15, -0.1) is 11.3 Å². The van der Waals surface area contributed by atoms with Crippen LogP contribution in [0.1, 0.15) is 10.4 Å². The molecule has 1 fully saturated rings. The van der Waals surface area contributed by atoms with Crippen molar-refractivity contribution in [3.63, 3.8) is 0 Å². The number of piperazine rings is 1. The Hall–Kier alpha value is -1.05. The second-order valence-electron chi connectivity index (χ2n) is 4.31. The van der Waals surface area contributed by atoms with Gasteiger partial charge in [-0.2, -0.15) is 17.0 Å². The van der Waals surface area contributed by atoms with Crippen molar-refractivity contribution in [2.24, 2.45) is 5.14 Å². The molecule has 3 N–H and O–H groups in total. The van der Waals surface area contributed by atoms with Gasteiger partial charge in [0.05, 0.1) is 5.56 Å². The van der Waals surface area contributed by atoms with Crippen LogP contribution in [0, 0.1) is 0 Å². The first kappa shape index (κ1) is 16.3. The van der Waals surface area contributed by atoms with Gasteiger partial charge in [0.15, 0.2) is 0 Å². The molecule has 2 heterocycles. The zero-order valence-electron chi connectivity index (χ0n) is 10.7. The molecule has 1 aliphatic heterocycles. The molecule has 1 saturated heterocycles. The number of rotatable bonds is 4. The van der Waals surface area contributed by atoms with Crippen LogP contribution >= 0.6 is 11.3 Å². The largest absolute Gasteiger partial charge is 0.478 e. The maximum Gasteiger partial charge on any atom is 0.336 e. The fourth-order valence-corrected chi connectivity index (χ4v) is 5.26. The number of hydrogen-bond acceptors (Lipinski definition) is 6. The molecule has 0 radical (unpaired) electrons. The number of sulfonamides is 1. The van der Waals surface area contributed by atoms with E-state index in [9.17, 15) is 21.6 Å². The molecular weight excluding hydrogens is 342 g/mol. The summed E-state index contributed by atoms with van der Waals surface area (Å²) in [5.74, 6) is -1.20. The minimum Gasteiger partial charge on any atom is -0.478 e. The molecule has 0 amide bonds. The van der Waals surface area contributed by atoms with E-state index >= 15 is 0 Å². The van der Waals surface area contributed by atoms with Crippen LogP contribution in [0.2, 0.25) is 0 Å². The third-order valence-corrected chi connectivity index (χ3v) is 7.37. The monoisotopic (exact) mass is 355 g/mol. The topological polar surface area (TPSA) is 138 Å². The second-order valence-corrected chi connectivity index (χ2v) is 8.93. The van der Waals surface area contributed by atoms with Crippen molar-refractivity contribution >= 4 is 37.5 Å². The van der Waals surface area contributed by atoms with Gasteiger partial charge in [0.25, 0.3) is 20.2 Å². The zero-order valence-corrected chi connectivity index (χ0v) is 13.1. The predicted octanol–water partition coefficient (Wildman–Crippen LogP) is -1.04. The van der Waals surface area contributed by atoms with Crippen LogP contribution in [0.3, 0.4) is 0 Å². The number of hydrogen-bond donors (Lipinski definition) is 2. The highest BCUT2D eigenvalue weighted by Gasteiger charge is 2.32. The Morgan fingerprint density at radius 3 is 2.10 bits per heavy atom. The summed E-state index contributed by atoms with van der Waals surface area (Å²) in [5, 5.41) is 15.0. The summed E-state index contributed by atoms with van der Waals surface area (Å²) in [6.07, 6.45) is 0. The first-order valence-electron chi connectivity index (χ1n) is 5.72. The van der Waals surface area contributed by atoms with E-state index in [4.69, 9.17) is 10.2 Å². The van der Waals surface area contributed by atoms with Crippen molar-refractivity contribution in [1.29, 1.82) is 0 Å². The molecule has 0 saturated carbocycles. The third kappa shape index (κ3) is 3.41. The molecule has 0 bridgehead atoms. The van der Waals surface area contributed by atoms with Crippen LogP contribution in [0.4, 0.5) is 0 Å². The van der Waals surface area contributed by atoms with Gasteiger partial charge in [0.1, 0.15) is 4.21 Å². The smallest absolute Gasteiger partial charge is 0.336 e. The van der Waals surface area contributed by atoms with E-state index in [0.717, 1.165) is 26.0 Å². The highest BCUT2D eigenvalue weighted by molar-refractivity contribution is 7.91. The lowest BCUT2D eigenvalue weighted by molar-refractivity contribution is 0.0697. The molecule has 0 spiro atoms. The zero-order chi connectivity index (χ0) is 15.8. The number of carboxylic acids is 1. The van der Waals surface area contributed by atoms with Gasteiger partial charge in [-0.05, 0) is 6.07 Å².